The van der Waals surface area contributed by atoms with E-state index in [-0.39, 0.29) is 29.8 Å². The van der Waals surface area contributed by atoms with E-state index in [4.69, 9.17) is 5.73 Å². The molecule has 0 aromatic heterocycles. The summed E-state index contributed by atoms with van der Waals surface area (Å²) in [6, 6.07) is 10.5. The molecule has 2 aromatic rings. The van der Waals surface area contributed by atoms with Crippen LogP contribution in [0, 0.1) is 13.8 Å². The first-order valence-corrected chi connectivity index (χ1v) is 10.4. The Morgan fingerprint density at radius 3 is 2.57 bits per heavy atom. The fourth-order valence-electron chi connectivity index (χ4n) is 3.33. The number of hydrogen-bond donors (Lipinski definition) is 1. The van der Waals surface area contributed by atoms with Crippen LogP contribution in [0.1, 0.15) is 23.1 Å². The summed E-state index contributed by atoms with van der Waals surface area (Å²) in [6.45, 7) is 4.14. The van der Waals surface area contributed by atoms with E-state index in [1.165, 1.54) is 7.05 Å². The molecule has 0 spiro atoms. The third-order valence-corrected chi connectivity index (χ3v) is 6.93. The zero-order valence-corrected chi connectivity index (χ0v) is 17.9. The van der Waals surface area contributed by atoms with Crippen molar-refractivity contribution in [3.63, 3.8) is 0 Å². The molecule has 0 bridgehead atoms. The van der Waals surface area contributed by atoms with Crippen molar-refractivity contribution in [1.82, 2.24) is 4.31 Å². The van der Waals surface area contributed by atoms with Crippen LogP contribution in [0.2, 0.25) is 0 Å². The van der Waals surface area contributed by atoms with Gasteiger partial charge in [0.05, 0.1) is 11.4 Å². The van der Waals surface area contributed by atoms with E-state index in [1.54, 1.807) is 23.1 Å². The molecule has 3 rings (SSSR count). The number of carbonyl (C=O) groups is 1. The Hall–Kier alpha value is -2.09. The SMILES string of the molecule is Cc1ccc(S(=O)(=O)N(C)CC(=O)N2CCCc3c(N)cccc32)cc1C.Cl. The first-order valence-electron chi connectivity index (χ1n) is 8.93. The van der Waals surface area contributed by atoms with E-state index in [0.717, 1.165) is 39.5 Å². The van der Waals surface area contributed by atoms with E-state index in [9.17, 15) is 13.2 Å². The van der Waals surface area contributed by atoms with Crippen molar-refractivity contribution in [3.8, 4) is 0 Å². The van der Waals surface area contributed by atoms with Crippen molar-refractivity contribution in [2.75, 3.05) is 30.8 Å². The van der Waals surface area contributed by atoms with Gasteiger partial charge in [0, 0.05) is 25.0 Å². The second-order valence-electron chi connectivity index (χ2n) is 7.00. The molecule has 0 aliphatic carbocycles. The zero-order valence-electron chi connectivity index (χ0n) is 16.3. The number of amides is 1. The lowest BCUT2D eigenvalue weighted by molar-refractivity contribution is -0.118. The van der Waals surface area contributed by atoms with Gasteiger partial charge >= 0.3 is 0 Å². The number of aryl methyl sites for hydroxylation is 2. The van der Waals surface area contributed by atoms with Gasteiger partial charge in [-0.25, -0.2) is 8.42 Å². The Morgan fingerprint density at radius 1 is 1.18 bits per heavy atom. The number of rotatable bonds is 4. The maximum absolute atomic E-state index is 12.9. The first-order chi connectivity index (χ1) is 12.7. The third kappa shape index (κ3) is 4.16. The van der Waals surface area contributed by atoms with E-state index < -0.39 is 10.0 Å². The summed E-state index contributed by atoms with van der Waals surface area (Å²) in [4.78, 5) is 14.7. The number of halogens is 1. The predicted octanol–water partition coefficient (Wildman–Crippen LogP) is 2.91. The lowest BCUT2D eigenvalue weighted by atomic mass is 10.00. The minimum atomic E-state index is -3.74. The smallest absolute Gasteiger partial charge is 0.243 e. The van der Waals surface area contributed by atoms with Gasteiger partial charge in [0.25, 0.3) is 0 Å². The molecular formula is C20H26ClN3O3S. The number of anilines is 2. The highest BCUT2D eigenvalue weighted by atomic mass is 35.5. The predicted molar refractivity (Wildman–Crippen MR) is 115 cm³/mol. The van der Waals surface area contributed by atoms with Crippen LogP contribution in [0.25, 0.3) is 0 Å². The average Bonchev–Trinajstić information content (AvgIpc) is 2.63. The number of nitrogen functional groups attached to an aromatic ring is 1. The molecule has 2 N–H and O–H groups in total. The second-order valence-corrected chi connectivity index (χ2v) is 9.05. The van der Waals surface area contributed by atoms with Crippen molar-refractivity contribution in [1.29, 1.82) is 0 Å². The molecule has 1 amide bonds. The maximum Gasteiger partial charge on any atom is 0.243 e. The molecule has 1 aliphatic rings. The topological polar surface area (TPSA) is 83.7 Å². The first kappa shape index (κ1) is 22.2. The summed E-state index contributed by atoms with van der Waals surface area (Å²) in [6.07, 6.45) is 1.63. The number of nitrogens with zero attached hydrogens (tertiary/aromatic N) is 2. The summed E-state index contributed by atoms with van der Waals surface area (Å²) in [5.41, 5.74) is 10.4. The normalized spacial score (nSPS) is 13.8. The van der Waals surface area contributed by atoms with Gasteiger partial charge in [0.2, 0.25) is 15.9 Å². The van der Waals surface area contributed by atoms with Gasteiger partial charge in [0.1, 0.15) is 0 Å². The molecule has 0 fully saturated rings. The van der Waals surface area contributed by atoms with Crippen LogP contribution in [0.5, 0.6) is 0 Å². The highest BCUT2D eigenvalue weighted by molar-refractivity contribution is 7.89. The summed E-state index contributed by atoms with van der Waals surface area (Å²) in [5, 5.41) is 0. The van der Waals surface area contributed by atoms with Crippen LogP contribution in [-0.2, 0) is 21.2 Å². The van der Waals surface area contributed by atoms with Crippen LogP contribution < -0.4 is 10.6 Å². The Bertz CT molecular complexity index is 992. The van der Waals surface area contributed by atoms with Gasteiger partial charge in [-0.15, -0.1) is 12.4 Å². The molecule has 0 radical (unpaired) electrons. The zero-order chi connectivity index (χ0) is 19.8. The Balaban J connectivity index is 0.00000280. The van der Waals surface area contributed by atoms with E-state index >= 15 is 0 Å². The van der Waals surface area contributed by atoms with Crippen molar-refractivity contribution >= 4 is 39.7 Å². The van der Waals surface area contributed by atoms with E-state index in [2.05, 4.69) is 0 Å². The molecule has 0 atom stereocenters. The van der Waals surface area contributed by atoms with Gasteiger partial charge in [0.15, 0.2) is 0 Å². The summed E-state index contributed by atoms with van der Waals surface area (Å²) < 4.78 is 26.8. The molecule has 152 valence electrons. The largest absolute Gasteiger partial charge is 0.398 e. The van der Waals surface area contributed by atoms with Gasteiger partial charge in [-0.1, -0.05) is 12.1 Å². The van der Waals surface area contributed by atoms with Crippen molar-refractivity contribution < 1.29 is 13.2 Å². The van der Waals surface area contributed by atoms with Crippen LogP contribution in [0.3, 0.4) is 0 Å². The van der Waals surface area contributed by atoms with Gasteiger partial charge in [-0.05, 0) is 67.6 Å². The van der Waals surface area contributed by atoms with Gasteiger partial charge in [-0.3, -0.25) is 4.79 Å². The van der Waals surface area contributed by atoms with Crippen molar-refractivity contribution in [2.45, 2.75) is 31.6 Å². The molecular weight excluding hydrogens is 398 g/mol. The number of benzene rings is 2. The number of nitrogens with two attached hydrogens (primary N) is 1. The fraction of sp³-hybridized carbons (Fsp3) is 0.350. The van der Waals surface area contributed by atoms with Gasteiger partial charge in [-0.2, -0.15) is 4.31 Å². The van der Waals surface area contributed by atoms with E-state index in [0.29, 0.717) is 12.2 Å². The van der Waals surface area contributed by atoms with Crippen LogP contribution >= 0.6 is 12.4 Å². The summed E-state index contributed by atoms with van der Waals surface area (Å²) in [7, 11) is -2.30. The number of sulfonamides is 1. The molecule has 0 saturated carbocycles. The highest BCUT2D eigenvalue weighted by Gasteiger charge is 2.28. The van der Waals surface area contributed by atoms with Crippen LogP contribution in [0.15, 0.2) is 41.3 Å². The average molecular weight is 424 g/mol. The number of fused-ring (bicyclic) bond motifs is 1. The lowest BCUT2D eigenvalue weighted by Crippen LogP contribution is -2.43. The Labute approximate surface area is 172 Å². The third-order valence-electron chi connectivity index (χ3n) is 5.13. The van der Waals surface area contributed by atoms with Crippen LogP contribution in [-0.4, -0.2) is 38.8 Å². The standard InChI is InChI=1S/C20H25N3O3S.ClH/c1-14-9-10-16(12-15(14)2)27(25,26)22(3)13-20(24)23-11-5-6-17-18(21)7-4-8-19(17)23;/h4,7-10,12H,5-6,11,13,21H2,1-3H3;1H. The monoisotopic (exact) mass is 423 g/mol. The minimum Gasteiger partial charge on any atom is -0.398 e. The van der Waals surface area contributed by atoms with Gasteiger partial charge < -0.3 is 10.6 Å². The van der Waals surface area contributed by atoms with E-state index in [1.807, 2.05) is 32.0 Å². The Morgan fingerprint density at radius 2 is 1.89 bits per heavy atom. The van der Waals surface area contributed by atoms with Crippen molar-refractivity contribution in [3.05, 3.63) is 53.1 Å². The lowest BCUT2D eigenvalue weighted by Gasteiger charge is -2.31. The second kappa shape index (κ2) is 8.51. The fourth-order valence-corrected chi connectivity index (χ4v) is 4.53. The summed E-state index contributed by atoms with van der Waals surface area (Å²) >= 11 is 0. The molecule has 1 aliphatic heterocycles. The summed E-state index contributed by atoms with van der Waals surface area (Å²) in [5.74, 6) is -0.253. The minimum absolute atomic E-state index is 0. The molecule has 8 heteroatoms. The quantitative estimate of drug-likeness (QED) is 0.766. The molecule has 2 aromatic carbocycles. The number of hydrogen-bond acceptors (Lipinski definition) is 4. The molecule has 6 nitrogen and oxygen atoms in total. The molecule has 0 saturated heterocycles. The Kier molecular flexibility index (Phi) is 6.75. The molecule has 1 heterocycles. The van der Waals surface area contributed by atoms with Crippen molar-refractivity contribution in [2.24, 2.45) is 0 Å². The number of likely N-dealkylation sites (N-methyl/N-ethyl adjacent to an activating group) is 1. The molecule has 28 heavy (non-hydrogen) atoms. The number of carbonyl (C=O) groups excluding carboxylic acids is 1. The maximum atomic E-state index is 12.9. The highest BCUT2D eigenvalue weighted by Crippen LogP contribution is 2.31. The molecule has 0 unspecified atom stereocenters. The van der Waals surface area contributed by atoms with Crippen LogP contribution in [0.4, 0.5) is 11.4 Å².